The minimum Gasteiger partial charge on any atom is -0.496 e. The minimum atomic E-state index is -0.932. The van der Waals surface area contributed by atoms with E-state index >= 15 is 0 Å². The summed E-state index contributed by atoms with van der Waals surface area (Å²) in [5.74, 6) is 0.757. The summed E-state index contributed by atoms with van der Waals surface area (Å²) in [6.45, 7) is 4.10. The Morgan fingerprint density at radius 2 is 1.65 bits per heavy atom. The van der Waals surface area contributed by atoms with E-state index in [1.54, 1.807) is 7.11 Å². The highest BCUT2D eigenvalue weighted by molar-refractivity contribution is 5.52. The van der Waals surface area contributed by atoms with Gasteiger partial charge in [-0.05, 0) is 49.9 Å². The van der Waals surface area contributed by atoms with Gasteiger partial charge in [-0.25, -0.2) is 0 Å². The number of aryl methyl sites for hydroxylation is 3. The molecular weight excluding hydrogens is 248 g/mol. The number of fused-ring (bicyclic) bond motifs is 1. The van der Waals surface area contributed by atoms with E-state index < -0.39 is 5.60 Å². The van der Waals surface area contributed by atoms with Crippen LogP contribution < -0.4 is 4.74 Å². The van der Waals surface area contributed by atoms with Gasteiger partial charge in [0, 0.05) is 5.56 Å². The molecule has 0 bridgehead atoms. The molecule has 104 valence electrons. The first-order chi connectivity index (χ1) is 9.54. The summed E-state index contributed by atoms with van der Waals surface area (Å²) in [4.78, 5) is 0. The molecule has 0 amide bonds. The molecule has 2 aromatic rings. The van der Waals surface area contributed by atoms with E-state index in [1.165, 1.54) is 11.1 Å². The lowest BCUT2D eigenvalue weighted by atomic mass is 9.86. The SMILES string of the molecule is COc1ccc(C)cc1C1(O)CCc2ccc(C)cc21. The summed E-state index contributed by atoms with van der Waals surface area (Å²) < 4.78 is 5.46. The molecule has 2 aromatic carbocycles. The first kappa shape index (κ1) is 13.2. The van der Waals surface area contributed by atoms with Crippen molar-refractivity contribution >= 4 is 0 Å². The first-order valence-electron chi connectivity index (χ1n) is 7.02. The molecule has 0 radical (unpaired) electrons. The third-order valence-electron chi connectivity index (χ3n) is 4.27. The van der Waals surface area contributed by atoms with Gasteiger partial charge in [0.1, 0.15) is 11.4 Å². The van der Waals surface area contributed by atoms with Crippen molar-refractivity contribution in [3.05, 3.63) is 64.2 Å². The van der Waals surface area contributed by atoms with Crippen molar-refractivity contribution < 1.29 is 9.84 Å². The van der Waals surface area contributed by atoms with Crippen LogP contribution in [0.1, 0.15) is 34.2 Å². The van der Waals surface area contributed by atoms with Crippen LogP contribution in [0.3, 0.4) is 0 Å². The van der Waals surface area contributed by atoms with E-state index in [0.29, 0.717) is 6.42 Å². The number of ether oxygens (including phenoxy) is 1. The smallest absolute Gasteiger partial charge is 0.125 e. The van der Waals surface area contributed by atoms with Crippen molar-refractivity contribution in [1.82, 2.24) is 0 Å². The van der Waals surface area contributed by atoms with Crippen LogP contribution in [0.2, 0.25) is 0 Å². The summed E-state index contributed by atoms with van der Waals surface area (Å²) in [7, 11) is 1.66. The second-order valence-electron chi connectivity index (χ2n) is 5.72. The Hall–Kier alpha value is -1.80. The Balaban J connectivity index is 2.21. The number of hydrogen-bond acceptors (Lipinski definition) is 2. The molecule has 0 aromatic heterocycles. The maximum Gasteiger partial charge on any atom is 0.125 e. The monoisotopic (exact) mass is 268 g/mol. The van der Waals surface area contributed by atoms with Crippen molar-refractivity contribution in [2.24, 2.45) is 0 Å². The molecule has 2 heteroatoms. The summed E-state index contributed by atoms with van der Waals surface area (Å²) >= 11 is 0. The Labute approximate surface area is 120 Å². The number of methoxy groups -OCH3 is 1. The summed E-state index contributed by atoms with van der Waals surface area (Å²) in [5.41, 5.74) is 4.53. The van der Waals surface area contributed by atoms with Gasteiger partial charge < -0.3 is 9.84 Å². The van der Waals surface area contributed by atoms with E-state index in [-0.39, 0.29) is 0 Å². The largest absolute Gasteiger partial charge is 0.496 e. The summed E-state index contributed by atoms with van der Waals surface area (Å²) in [6.07, 6.45) is 1.62. The fourth-order valence-corrected chi connectivity index (χ4v) is 3.17. The summed E-state index contributed by atoms with van der Waals surface area (Å²) in [6, 6.07) is 12.3. The predicted octanol–water partition coefficient (Wildman–Crippen LogP) is 3.49. The van der Waals surface area contributed by atoms with E-state index in [2.05, 4.69) is 25.1 Å². The van der Waals surface area contributed by atoms with E-state index in [1.807, 2.05) is 25.1 Å². The van der Waals surface area contributed by atoms with Gasteiger partial charge in [-0.15, -0.1) is 0 Å². The molecule has 3 rings (SSSR count). The molecular formula is C18H20O2. The van der Waals surface area contributed by atoms with E-state index in [9.17, 15) is 5.11 Å². The van der Waals surface area contributed by atoms with Gasteiger partial charge >= 0.3 is 0 Å². The van der Waals surface area contributed by atoms with Gasteiger partial charge in [0.15, 0.2) is 0 Å². The van der Waals surface area contributed by atoms with Gasteiger partial charge in [0.2, 0.25) is 0 Å². The maximum absolute atomic E-state index is 11.3. The lowest BCUT2D eigenvalue weighted by Crippen LogP contribution is -2.25. The Kier molecular flexibility index (Phi) is 3.06. The topological polar surface area (TPSA) is 29.5 Å². The van der Waals surface area contributed by atoms with Crippen molar-refractivity contribution in [3.63, 3.8) is 0 Å². The van der Waals surface area contributed by atoms with Crippen molar-refractivity contribution in [1.29, 1.82) is 0 Å². The Morgan fingerprint density at radius 3 is 2.35 bits per heavy atom. The molecule has 20 heavy (non-hydrogen) atoms. The van der Waals surface area contributed by atoms with Gasteiger partial charge in [0.25, 0.3) is 0 Å². The zero-order chi connectivity index (χ0) is 14.3. The molecule has 0 fully saturated rings. The lowest BCUT2D eigenvalue weighted by molar-refractivity contribution is 0.0798. The molecule has 0 saturated heterocycles. The first-order valence-corrected chi connectivity index (χ1v) is 7.02. The second kappa shape index (κ2) is 4.64. The fraction of sp³-hybridized carbons (Fsp3) is 0.333. The summed E-state index contributed by atoms with van der Waals surface area (Å²) in [5, 5.41) is 11.3. The van der Waals surface area contributed by atoms with Gasteiger partial charge in [0.05, 0.1) is 7.11 Å². The van der Waals surface area contributed by atoms with Crippen molar-refractivity contribution in [2.45, 2.75) is 32.3 Å². The van der Waals surface area contributed by atoms with Crippen LogP contribution >= 0.6 is 0 Å². The molecule has 1 aliphatic carbocycles. The Morgan fingerprint density at radius 1 is 1.00 bits per heavy atom. The molecule has 1 unspecified atom stereocenters. The van der Waals surface area contributed by atoms with Crippen LogP contribution in [0.5, 0.6) is 5.75 Å². The standard InChI is InChI=1S/C18H20O2/c1-12-4-6-14-8-9-18(19,15(14)10-12)16-11-13(2)5-7-17(16)20-3/h4-7,10-11,19H,8-9H2,1-3H3. The van der Waals surface area contributed by atoms with Gasteiger partial charge in [-0.2, -0.15) is 0 Å². The normalized spacial score (nSPS) is 20.8. The fourth-order valence-electron chi connectivity index (χ4n) is 3.17. The highest BCUT2D eigenvalue weighted by atomic mass is 16.5. The Bertz CT molecular complexity index is 660. The number of rotatable bonds is 2. The number of aliphatic hydroxyl groups is 1. The van der Waals surface area contributed by atoms with Gasteiger partial charge in [-0.1, -0.05) is 35.4 Å². The van der Waals surface area contributed by atoms with Crippen LogP contribution in [0.15, 0.2) is 36.4 Å². The van der Waals surface area contributed by atoms with Gasteiger partial charge in [-0.3, -0.25) is 0 Å². The van der Waals surface area contributed by atoms with E-state index in [4.69, 9.17) is 4.74 Å². The molecule has 0 saturated carbocycles. The maximum atomic E-state index is 11.3. The van der Waals surface area contributed by atoms with Crippen molar-refractivity contribution in [3.8, 4) is 5.75 Å². The predicted molar refractivity (Wildman–Crippen MR) is 80.2 cm³/mol. The zero-order valence-corrected chi connectivity index (χ0v) is 12.2. The molecule has 1 aliphatic rings. The van der Waals surface area contributed by atoms with Crippen molar-refractivity contribution in [2.75, 3.05) is 7.11 Å². The second-order valence-corrected chi connectivity index (χ2v) is 5.72. The number of benzene rings is 2. The van der Waals surface area contributed by atoms with Crippen LogP contribution in [0, 0.1) is 13.8 Å². The third-order valence-corrected chi connectivity index (χ3v) is 4.27. The average Bonchev–Trinajstić information content (AvgIpc) is 2.77. The molecule has 0 aliphatic heterocycles. The molecule has 1 atom stereocenters. The quantitative estimate of drug-likeness (QED) is 0.903. The lowest BCUT2D eigenvalue weighted by Gasteiger charge is -2.27. The van der Waals surface area contributed by atoms with Crippen LogP contribution in [0.4, 0.5) is 0 Å². The average molecular weight is 268 g/mol. The molecule has 0 spiro atoms. The van der Waals surface area contributed by atoms with E-state index in [0.717, 1.165) is 28.9 Å². The number of hydrogen-bond donors (Lipinski definition) is 1. The highest BCUT2D eigenvalue weighted by Gasteiger charge is 2.40. The highest BCUT2D eigenvalue weighted by Crippen LogP contribution is 2.45. The molecule has 1 N–H and O–H groups in total. The third kappa shape index (κ3) is 1.92. The molecule has 0 heterocycles. The van der Waals surface area contributed by atoms with Crippen LogP contribution in [-0.2, 0) is 12.0 Å². The minimum absolute atomic E-state index is 0.714. The molecule has 2 nitrogen and oxygen atoms in total. The van der Waals surface area contributed by atoms with Crippen LogP contribution in [0.25, 0.3) is 0 Å². The zero-order valence-electron chi connectivity index (χ0n) is 12.2. The van der Waals surface area contributed by atoms with Crippen LogP contribution in [-0.4, -0.2) is 12.2 Å².